The molecule has 0 radical (unpaired) electrons. The SMILES string of the molecule is FC(F)(F)c1ccc(CCC2CCN(c3ccnc4ccccc34)CC2)cc1. The molecule has 0 bridgehead atoms. The van der Waals surface area contributed by atoms with Crippen molar-refractivity contribution in [3.8, 4) is 0 Å². The first-order valence-electron chi connectivity index (χ1n) is 9.75. The number of benzene rings is 2. The van der Waals surface area contributed by atoms with Crippen molar-refractivity contribution in [3.05, 3.63) is 71.9 Å². The van der Waals surface area contributed by atoms with Crippen LogP contribution in [0.5, 0.6) is 0 Å². The molecule has 1 aliphatic rings. The number of aromatic nitrogens is 1. The Bertz CT molecular complexity index is 921. The molecule has 5 heteroatoms. The molecular weight excluding hydrogens is 361 g/mol. The first kappa shape index (κ1) is 18.8. The predicted octanol–water partition coefficient (Wildman–Crippen LogP) is 6.10. The van der Waals surface area contributed by atoms with Crippen LogP contribution in [0.15, 0.2) is 60.8 Å². The molecule has 1 fully saturated rings. The predicted molar refractivity (Wildman–Crippen MR) is 106 cm³/mol. The van der Waals surface area contributed by atoms with E-state index in [1.54, 1.807) is 12.1 Å². The van der Waals surface area contributed by atoms with Crippen molar-refractivity contribution in [1.82, 2.24) is 4.98 Å². The summed E-state index contributed by atoms with van der Waals surface area (Å²) in [5.74, 6) is 0.617. The maximum absolute atomic E-state index is 12.7. The largest absolute Gasteiger partial charge is 0.416 e. The van der Waals surface area contributed by atoms with Gasteiger partial charge in [-0.1, -0.05) is 30.3 Å². The second-order valence-corrected chi connectivity index (χ2v) is 7.51. The lowest BCUT2D eigenvalue weighted by Crippen LogP contribution is -2.33. The third kappa shape index (κ3) is 4.13. The second kappa shape index (κ2) is 7.82. The van der Waals surface area contributed by atoms with Crippen LogP contribution in [0.1, 0.15) is 30.4 Å². The number of anilines is 1. The van der Waals surface area contributed by atoms with Crippen molar-refractivity contribution in [3.63, 3.8) is 0 Å². The van der Waals surface area contributed by atoms with Crippen LogP contribution in [-0.2, 0) is 12.6 Å². The maximum Gasteiger partial charge on any atom is 0.416 e. The van der Waals surface area contributed by atoms with E-state index in [2.05, 4.69) is 22.0 Å². The number of nitrogens with zero attached hydrogens (tertiary/aromatic N) is 2. The van der Waals surface area contributed by atoms with Gasteiger partial charge in [0.15, 0.2) is 0 Å². The zero-order valence-electron chi connectivity index (χ0n) is 15.6. The zero-order chi connectivity index (χ0) is 19.6. The quantitative estimate of drug-likeness (QED) is 0.540. The number of para-hydroxylation sites is 1. The molecule has 3 aromatic rings. The smallest absolute Gasteiger partial charge is 0.371 e. The number of alkyl halides is 3. The number of hydrogen-bond acceptors (Lipinski definition) is 2. The standard InChI is InChI=1S/C23H23F3N2/c24-23(25,26)19-9-7-17(8-10-19)5-6-18-12-15-28(16-13-18)22-11-14-27-21-4-2-1-3-20(21)22/h1-4,7-11,14,18H,5-6,12-13,15-16H2. The van der Waals surface area contributed by atoms with Gasteiger partial charge in [-0.25, -0.2) is 0 Å². The normalized spacial score (nSPS) is 15.9. The minimum absolute atomic E-state index is 0.575. The third-order valence-electron chi connectivity index (χ3n) is 5.70. The monoisotopic (exact) mass is 384 g/mol. The Balaban J connectivity index is 1.33. The molecule has 1 aliphatic heterocycles. The van der Waals surface area contributed by atoms with Crippen molar-refractivity contribution in [2.75, 3.05) is 18.0 Å². The fourth-order valence-corrected chi connectivity index (χ4v) is 4.05. The lowest BCUT2D eigenvalue weighted by atomic mass is 9.90. The Morgan fingerprint density at radius 3 is 2.36 bits per heavy atom. The molecule has 0 saturated carbocycles. The molecule has 2 heterocycles. The number of aryl methyl sites for hydroxylation is 1. The summed E-state index contributed by atoms with van der Waals surface area (Å²) in [6.45, 7) is 2.01. The molecular formula is C23H23F3N2. The summed E-state index contributed by atoms with van der Waals surface area (Å²) in [6, 6.07) is 15.9. The molecule has 0 atom stereocenters. The van der Waals surface area contributed by atoms with E-state index in [9.17, 15) is 13.2 Å². The van der Waals surface area contributed by atoms with Gasteiger partial charge in [-0.3, -0.25) is 4.98 Å². The number of halogens is 3. The van der Waals surface area contributed by atoms with Crippen LogP contribution in [0.3, 0.4) is 0 Å². The van der Waals surface area contributed by atoms with Gasteiger partial charge in [0.25, 0.3) is 0 Å². The highest BCUT2D eigenvalue weighted by molar-refractivity contribution is 5.91. The van der Waals surface area contributed by atoms with E-state index in [1.807, 2.05) is 24.4 Å². The Morgan fingerprint density at radius 2 is 1.64 bits per heavy atom. The summed E-state index contributed by atoms with van der Waals surface area (Å²) in [7, 11) is 0. The zero-order valence-corrected chi connectivity index (χ0v) is 15.6. The molecule has 0 aliphatic carbocycles. The Morgan fingerprint density at radius 1 is 0.929 bits per heavy atom. The Kier molecular flexibility index (Phi) is 5.25. The lowest BCUT2D eigenvalue weighted by Gasteiger charge is -2.34. The lowest BCUT2D eigenvalue weighted by molar-refractivity contribution is -0.137. The highest BCUT2D eigenvalue weighted by atomic mass is 19.4. The van der Waals surface area contributed by atoms with Crippen LogP contribution < -0.4 is 4.90 Å². The molecule has 0 unspecified atom stereocenters. The topological polar surface area (TPSA) is 16.1 Å². The molecule has 2 nitrogen and oxygen atoms in total. The van der Waals surface area contributed by atoms with E-state index in [4.69, 9.17) is 0 Å². The molecule has 4 rings (SSSR count). The molecule has 0 amide bonds. The van der Waals surface area contributed by atoms with Crippen molar-refractivity contribution < 1.29 is 13.2 Å². The van der Waals surface area contributed by atoms with Gasteiger partial charge in [-0.2, -0.15) is 13.2 Å². The number of hydrogen-bond donors (Lipinski definition) is 0. The summed E-state index contributed by atoms with van der Waals surface area (Å²) < 4.78 is 38.0. The average Bonchev–Trinajstić information content (AvgIpc) is 2.72. The van der Waals surface area contributed by atoms with Crippen LogP contribution in [0.25, 0.3) is 10.9 Å². The van der Waals surface area contributed by atoms with Crippen LogP contribution in [0.4, 0.5) is 18.9 Å². The average molecular weight is 384 g/mol. The van der Waals surface area contributed by atoms with Gasteiger partial charge in [-0.05, 0) is 61.4 Å². The van der Waals surface area contributed by atoms with Crippen molar-refractivity contribution in [1.29, 1.82) is 0 Å². The fourth-order valence-electron chi connectivity index (χ4n) is 4.05. The summed E-state index contributed by atoms with van der Waals surface area (Å²) in [6.07, 6.45) is 1.68. The van der Waals surface area contributed by atoms with Crippen LogP contribution in [0.2, 0.25) is 0 Å². The summed E-state index contributed by atoms with van der Waals surface area (Å²) in [5, 5.41) is 1.19. The number of pyridine rings is 1. The van der Waals surface area contributed by atoms with E-state index in [-0.39, 0.29) is 0 Å². The maximum atomic E-state index is 12.7. The van der Waals surface area contributed by atoms with Gasteiger partial charge in [-0.15, -0.1) is 0 Å². The number of rotatable bonds is 4. The van der Waals surface area contributed by atoms with Gasteiger partial charge in [0, 0.05) is 30.4 Å². The molecule has 0 spiro atoms. The molecule has 1 aromatic heterocycles. The minimum atomic E-state index is -4.26. The van der Waals surface area contributed by atoms with E-state index >= 15 is 0 Å². The molecule has 0 N–H and O–H groups in total. The van der Waals surface area contributed by atoms with Gasteiger partial charge < -0.3 is 4.90 Å². The molecule has 28 heavy (non-hydrogen) atoms. The molecule has 2 aromatic carbocycles. The number of piperidine rings is 1. The van der Waals surface area contributed by atoms with Crippen LogP contribution >= 0.6 is 0 Å². The van der Waals surface area contributed by atoms with Gasteiger partial charge >= 0.3 is 6.18 Å². The van der Waals surface area contributed by atoms with Crippen LogP contribution in [-0.4, -0.2) is 18.1 Å². The summed E-state index contributed by atoms with van der Waals surface area (Å²) in [4.78, 5) is 6.87. The minimum Gasteiger partial charge on any atom is -0.371 e. The van der Waals surface area contributed by atoms with Crippen molar-refractivity contribution in [2.24, 2.45) is 5.92 Å². The van der Waals surface area contributed by atoms with Gasteiger partial charge in [0.2, 0.25) is 0 Å². The number of fused-ring (bicyclic) bond motifs is 1. The molecule has 146 valence electrons. The van der Waals surface area contributed by atoms with E-state index in [0.29, 0.717) is 5.92 Å². The first-order valence-corrected chi connectivity index (χ1v) is 9.75. The summed E-state index contributed by atoms with van der Waals surface area (Å²) in [5.41, 5.74) is 2.67. The molecule has 1 saturated heterocycles. The second-order valence-electron chi connectivity index (χ2n) is 7.51. The van der Waals surface area contributed by atoms with E-state index in [0.717, 1.165) is 49.9 Å². The van der Waals surface area contributed by atoms with Crippen molar-refractivity contribution in [2.45, 2.75) is 31.9 Å². The van der Waals surface area contributed by atoms with Gasteiger partial charge in [0.1, 0.15) is 0 Å². The highest BCUT2D eigenvalue weighted by Crippen LogP contribution is 2.32. The van der Waals surface area contributed by atoms with E-state index < -0.39 is 11.7 Å². The fraction of sp³-hybridized carbons (Fsp3) is 0.348. The third-order valence-corrected chi connectivity index (χ3v) is 5.70. The Hall–Kier alpha value is -2.56. The van der Waals surface area contributed by atoms with E-state index in [1.165, 1.54) is 23.2 Å². The van der Waals surface area contributed by atoms with Crippen molar-refractivity contribution >= 4 is 16.6 Å². The highest BCUT2D eigenvalue weighted by Gasteiger charge is 2.30. The van der Waals surface area contributed by atoms with Gasteiger partial charge in [0.05, 0.1) is 11.1 Å². The summed E-state index contributed by atoms with van der Waals surface area (Å²) >= 11 is 0. The Labute approximate surface area is 163 Å². The first-order chi connectivity index (χ1) is 13.5. The van der Waals surface area contributed by atoms with Crippen LogP contribution in [0, 0.1) is 5.92 Å².